The van der Waals surface area contributed by atoms with Crippen LogP contribution in [0.3, 0.4) is 0 Å². The van der Waals surface area contributed by atoms with Gasteiger partial charge in [-0.2, -0.15) is 0 Å². The van der Waals surface area contributed by atoms with E-state index in [-0.39, 0.29) is 0 Å². The number of hydrogen-bond donors (Lipinski definition) is 0. The smallest absolute Gasteiger partial charge is 0.00639 e. The fourth-order valence-electron chi connectivity index (χ4n) is 3.25. The van der Waals surface area contributed by atoms with Crippen molar-refractivity contribution in [3.63, 3.8) is 0 Å². The van der Waals surface area contributed by atoms with Crippen LogP contribution in [0.4, 0.5) is 0 Å². The quantitative estimate of drug-likeness (QED) is 0.681. The average Bonchev–Trinajstić information content (AvgIpc) is 2.44. The molecule has 2 aromatic rings. The fraction of sp³-hybridized carbons (Fsp3) is 0.368. The van der Waals surface area contributed by atoms with Crippen LogP contribution < -0.4 is 0 Å². The number of rotatable bonds is 1. The van der Waals surface area contributed by atoms with E-state index in [9.17, 15) is 0 Å². The molecule has 4 bridgehead atoms. The molecule has 19 heavy (non-hydrogen) atoms. The third-order valence-electron chi connectivity index (χ3n) is 4.61. The maximum Gasteiger partial charge on any atom is 0.00639 e. The Morgan fingerprint density at radius 2 is 1.89 bits per heavy atom. The molecule has 2 aromatic carbocycles. The minimum absolute atomic E-state index is 0.501. The van der Waals surface area contributed by atoms with Gasteiger partial charge in [0, 0.05) is 5.92 Å². The molecule has 0 aliphatic heterocycles. The molecular weight excluding hydrogens is 228 g/mol. The van der Waals surface area contributed by atoms with Gasteiger partial charge in [-0.1, -0.05) is 50.2 Å². The van der Waals surface area contributed by atoms with E-state index >= 15 is 0 Å². The Balaban J connectivity index is 2.20. The summed E-state index contributed by atoms with van der Waals surface area (Å²) in [6.07, 6.45) is 3.44. The van der Waals surface area contributed by atoms with E-state index in [1.165, 1.54) is 33.4 Å². The van der Waals surface area contributed by atoms with E-state index in [1.54, 1.807) is 0 Å². The fourth-order valence-corrected chi connectivity index (χ4v) is 3.25. The van der Waals surface area contributed by atoms with E-state index in [1.807, 2.05) is 0 Å². The maximum atomic E-state index is 2.44. The van der Waals surface area contributed by atoms with E-state index in [0.717, 1.165) is 19.3 Å². The standard InChI is InChI=1S/C19H22/c1-4-16-7-5-15-6-8-17-9-10-18(11-13(17)2)14(3)19(16)12-15/h5,7,9-12,14H,4,6,8H2,1-3H3. The van der Waals surface area contributed by atoms with Crippen molar-refractivity contribution in [2.75, 3.05) is 0 Å². The second-order valence-electron chi connectivity index (χ2n) is 5.79. The highest BCUT2D eigenvalue weighted by Gasteiger charge is 2.15. The highest BCUT2D eigenvalue weighted by atomic mass is 14.2. The van der Waals surface area contributed by atoms with Crippen molar-refractivity contribution in [1.29, 1.82) is 0 Å². The molecule has 2 aliphatic carbocycles. The summed E-state index contributed by atoms with van der Waals surface area (Å²) in [5.41, 5.74) is 8.91. The van der Waals surface area contributed by atoms with Crippen LogP contribution in [0.25, 0.3) is 0 Å². The highest BCUT2D eigenvalue weighted by Crippen LogP contribution is 2.31. The van der Waals surface area contributed by atoms with Gasteiger partial charge in [-0.25, -0.2) is 0 Å². The van der Waals surface area contributed by atoms with Crippen molar-refractivity contribution in [2.45, 2.75) is 46.0 Å². The van der Waals surface area contributed by atoms with Crippen LogP contribution in [-0.2, 0) is 19.3 Å². The Morgan fingerprint density at radius 1 is 1.05 bits per heavy atom. The summed E-state index contributed by atoms with van der Waals surface area (Å²) in [6.45, 7) is 6.85. The maximum absolute atomic E-state index is 2.44. The molecule has 0 spiro atoms. The van der Waals surface area contributed by atoms with Crippen LogP contribution in [0.1, 0.15) is 53.1 Å². The first-order valence-corrected chi connectivity index (χ1v) is 7.40. The first-order valence-electron chi connectivity index (χ1n) is 7.40. The van der Waals surface area contributed by atoms with Gasteiger partial charge in [-0.15, -0.1) is 0 Å². The molecule has 0 nitrogen and oxygen atoms in total. The predicted octanol–water partition coefficient (Wildman–Crippen LogP) is 4.81. The largest absolute Gasteiger partial charge is 0.0613 e. The predicted molar refractivity (Wildman–Crippen MR) is 81.9 cm³/mol. The number of fused-ring (bicyclic) bond motifs is 3. The number of hydrogen-bond acceptors (Lipinski definition) is 0. The Bertz CT molecular complexity index is 607. The van der Waals surface area contributed by atoms with Gasteiger partial charge in [-0.05, 0) is 59.6 Å². The van der Waals surface area contributed by atoms with Crippen LogP contribution in [0, 0.1) is 6.92 Å². The summed E-state index contributed by atoms with van der Waals surface area (Å²) in [5.74, 6) is 0.501. The van der Waals surface area contributed by atoms with Gasteiger partial charge in [0.05, 0.1) is 0 Å². The highest BCUT2D eigenvalue weighted by molar-refractivity contribution is 5.44. The monoisotopic (exact) mass is 250 g/mol. The van der Waals surface area contributed by atoms with Crippen molar-refractivity contribution >= 4 is 0 Å². The molecule has 0 N–H and O–H groups in total. The molecule has 4 rings (SSSR count). The Kier molecular flexibility index (Phi) is 3.18. The van der Waals surface area contributed by atoms with Crippen molar-refractivity contribution in [1.82, 2.24) is 0 Å². The molecule has 0 aromatic heterocycles. The number of benzene rings is 2. The van der Waals surface area contributed by atoms with E-state index < -0.39 is 0 Å². The Hall–Kier alpha value is -1.56. The Morgan fingerprint density at radius 3 is 2.63 bits per heavy atom. The molecule has 0 amide bonds. The molecule has 0 heteroatoms. The minimum Gasteiger partial charge on any atom is -0.0613 e. The lowest BCUT2D eigenvalue weighted by atomic mass is 9.84. The molecule has 2 aliphatic rings. The molecule has 0 heterocycles. The molecule has 0 radical (unpaired) electrons. The van der Waals surface area contributed by atoms with Crippen LogP contribution in [0.5, 0.6) is 0 Å². The first kappa shape index (κ1) is 12.5. The zero-order chi connectivity index (χ0) is 13.4. The van der Waals surface area contributed by atoms with Gasteiger partial charge in [0.25, 0.3) is 0 Å². The average molecular weight is 250 g/mol. The lowest BCUT2D eigenvalue weighted by Gasteiger charge is -2.21. The van der Waals surface area contributed by atoms with Crippen LogP contribution in [0.2, 0.25) is 0 Å². The first-order chi connectivity index (χ1) is 9.19. The minimum atomic E-state index is 0.501. The van der Waals surface area contributed by atoms with Crippen molar-refractivity contribution in [3.05, 3.63) is 69.8 Å². The van der Waals surface area contributed by atoms with Gasteiger partial charge >= 0.3 is 0 Å². The zero-order valence-corrected chi connectivity index (χ0v) is 12.2. The second kappa shape index (κ2) is 4.85. The molecular formula is C19H22. The summed E-state index contributed by atoms with van der Waals surface area (Å²) < 4.78 is 0. The van der Waals surface area contributed by atoms with Gasteiger partial charge in [0.1, 0.15) is 0 Å². The van der Waals surface area contributed by atoms with Gasteiger partial charge < -0.3 is 0 Å². The van der Waals surface area contributed by atoms with Crippen molar-refractivity contribution in [2.24, 2.45) is 0 Å². The zero-order valence-electron chi connectivity index (χ0n) is 12.2. The lowest BCUT2D eigenvalue weighted by Crippen LogP contribution is -2.06. The molecule has 1 atom stereocenters. The van der Waals surface area contributed by atoms with Gasteiger partial charge in [-0.3, -0.25) is 0 Å². The third kappa shape index (κ3) is 2.20. The van der Waals surface area contributed by atoms with Crippen molar-refractivity contribution in [3.8, 4) is 0 Å². The van der Waals surface area contributed by atoms with Crippen molar-refractivity contribution < 1.29 is 0 Å². The number of aryl methyl sites for hydroxylation is 4. The van der Waals surface area contributed by atoms with E-state index in [4.69, 9.17) is 0 Å². The second-order valence-corrected chi connectivity index (χ2v) is 5.79. The van der Waals surface area contributed by atoms with Crippen LogP contribution in [0.15, 0.2) is 36.4 Å². The van der Waals surface area contributed by atoms with E-state index in [2.05, 4.69) is 57.2 Å². The van der Waals surface area contributed by atoms with Gasteiger partial charge in [0.15, 0.2) is 0 Å². The molecule has 0 saturated carbocycles. The summed E-state index contributed by atoms with van der Waals surface area (Å²) in [5, 5.41) is 0. The van der Waals surface area contributed by atoms with Crippen LogP contribution in [-0.4, -0.2) is 0 Å². The lowest BCUT2D eigenvalue weighted by molar-refractivity contribution is 0.859. The molecule has 98 valence electrons. The van der Waals surface area contributed by atoms with Crippen LogP contribution >= 0.6 is 0 Å². The summed E-state index contributed by atoms with van der Waals surface area (Å²) in [7, 11) is 0. The topological polar surface area (TPSA) is 0 Å². The molecule has 0 saturated heterocycles. The third-order valence-corrected chi connectivity index (χ3v) is 4.61. The Labute approximate surface area is 116 Å². The summed E-state index contributed by atoms with van der Waals surface area (Å²) in [4.78, 5) is 0. The summed E-state index contributed by atoms with van der Waals surface area (Å²) in [6, 6.07) is 14.1. The van der Waals surface area contributed by atoms with Gasteiger partial charge in [0.2, 0.25) is 0 Å². The summed E-state index contributed by atoms with van der Waals surface area (Å²) >= 11 is 0. The SMILES string of the molecule is CCc1ccc2cc1C(C)c1ccc(c(C)c1)CC2. The molecule has 0 fully saturated rings. The molecule has 1 unspecified atom stereocenters. The normalized spacial score (nSPS) is 17.5. The van der Waals surface area contributed by atoms with E-state index in [0.29, 0.717) is 5.92 Å².